The first-order valence-electron chi connectivity index (χ1n) is 4.72. The average Bonchev–Trinajstić information content (AvgIpc) is 2.32. The highest BCUT2D eigenvalue weighted by atomic mass is 31.1. The van der Waals surface area contributed by atoms with E-state index in [9.17, 15) is 4.57 Å². The van der Waals surface area contributed by atoms with Gasteiger partial charge in [0.05, 0.1) is 0 Å². The summed E-state index contributed by atoms with van der Waals surface area (Å²) in [5, 5.41) is 0.479. The van der Waals surface area contributed by atoms with E-state index in [2.05, 4.69) is 0 Å². The van der Waals surface area contributed by atoms with Crippen LogP contribution >= 0.6 is 8.03 Å². The minimum absolute atomic E-state index is 0.479. The normalized spacial score (nSPS) is 9.94. The maximum atomic E-state index is 10.3. The highest BCUT2D eigenvalue weighted by Crippen LogP contribution is 2.10. The fourth-order valence-corrected chi connectivity index (χ4v) is 1.44. The Morgan fingerprint density at radius 3 is 1.56 bits per heavy atom. The van der Waals surface area contributed by atoms with E-state index in [0.717, 1.165) is 5.69 Å². The SMILES string of the molecule is Nc1ccccc1.O=[P+](O)c1ccccc1. The zero-order chi connectivity index (χ0) is 11.8. The fourth-order valence-electron chi connectivity index (χ4n) is 1.01. The van der Waals surface area contributed by atoms with E-state index in [-0.39, 0.29) is 0 Å². The molecule has 0 aliphatic heterocycles. The Bertz CT molecular complexity index is 431. The van der Waals surface area contributed by atoms with E-state index >= 15 is 0 Å². The zero-order valence-electron chi connectivity index (χ0n) is 8.65. The van der Waals surface area contributed by atoms with Crippen LogP contribution in [0.5, 0.6) is 0 Å². The quantitative estimate of drug-likeness (QED) is 0.588. The molecule has 3 nitrogen and oxygen atoms in total. The van der Waals surface area contributed by atoms with Crippen molar-refractivity contribution < 1.29 is 9.46 Å². The minimum atomic E-state index is -2.15. The summed E-state index contributed by atoms with van der Waals surface area (Å²) < 4.78 is 10.3. The van der Waals surface area contributed by atoms with Crippen LogP contribution in [-0.4, -0.2) is 4.89 Å². The van der Waals surface area contributed by atoms with Gasteiger partial charge in [-0.3, -0.25) is 0 Å². The van der Waals surface area contributed by atoms with Crippen molar-refractivity contribution in [1.29, 1.82) is 0 Å². The Morgan fingerprint density at radius 2 is 1.31 bits per heavy atom. The Labute approximate surface area is 95.4 Å². The molecule has 1 unspecified atom stereocenters. The maximum Gasteiger partial charge on any atom is 0.546 e. The maximum absolute atomic E-state index is 10.3. The van der Waals surface area contributed by atoms with Crippen molar-refractivity contribution in [2.45, 2.75) is 0 Å². The molecule has 1 atom stereocenters. The van der Waals surface area contributed by atoms with Gasteiger partial charge in [-0.25, -0.2) is 0 Å². The number of rotatable bonds is 1. The molecular weight excluding hydrogens is 221 g/mol. The molecule has 0 heterocycles. The lowest BCUT2D eigenvalue weighted by Gasteiger charge is -1.83. The van der Waals surface area contributed by atoms with Gasteiger partial charge >= 0.3 is 8.03 Å². The first-order valence-corrected chi connectivity index (χ1v) is 5.93. The molecule has 0 fully saturated rings. The van der Waals surface area contributed by atoms with Gasteiger partial charge in [-0.2, -0.15) is 4.89 Å². The van der Waals surface area contributed by atoms with Crippen LogP contribution in [0.15, 0.2) is 60.7 Å². The lowest BCUT2D eigenvalue weighted by atomic mass is 10.3. The molecule has 0 amide bonds. The summed E-state index contributed by atoms with van der Waals surface area (Å²) >= 11 is 0. The topological polar surface area (TPSA) is 63.3 Å². The van der Waals surface area contributed by atoms with Crippen LogP contribution in [-0.2, 0) is 4.57 Å². The molecular formula is C12H13NO2P+. The highest BCUT2D eigenvalue weighted by molar-refractivity contribution is 7.47. The van der Waals surface area contributed by atoms with Gasteiger partial charge in [-0.15, -0.1) is 0 Å². The fraction of sp³-hybridized carbons (Fsp3) is 0. The summed E-state index contributed by atoms with van der Waals surface area (Å²) in [5.41, 5.74) is 6.18. The Morgan fingerprint density at radius 1 is 0.875 bits per heavy atom. The summed E-state index contributed by atoms with van der Waals surface area (Å²) in [4.78, 5) is 8.53. The zero-order valence-corrected chi connectivity index (χ0v) is 9.55. The average molecular weight is 234 g/mol. The van der Waals surface area contributed by atoms with Crippen molar-refractivity contribution >= 4 is 19.0 Å². The van der Waals surface area contributed by atoms with E-state index in [1.54, 1.807) is 24.3 Å². The predicted octanol–water partition coefficient (Wildman–Crippen LogP) is 2.32. The van der Waals surface area contributed by atoms with Crippen molar-refractivity contribution in [2.24, 2.45) is 0 Å². The van der Waals surface area contributed by atoms with E-state index in [0.29, 0.717) is 5.30 Å². The van der Waals surface area contributed by atoms with Crippen molar-refractivity contribution in [1.82, 2.24) is 0 Å². The molecule has 0 aliphatic rings. The van der Waals surface area contributed by atoms with Crippen LogP contribution in [0.25, 0.3) is 0 Å². The van der Waals surface area contributed by atoms with Gasteiger partial charge in [-0.1, -0.05) is 36.4 Å². The molecule has 4 heteroatoms. The second kappa shape index (κ2) is 6.72. The molecule has 0 aliphatic carbocycles. The third-order valence-electron chi connectivity index (χ3n) is 1.78. The lowest BCUT2D eigenvalue weighted by Crippen LogP contribution is -1.91. The van der Waals surface area contributed by atoms with E-state index in [1.165, 1.54) is 0 Å². The van der Waals surface area contributed by atoms with Gasteiger partial charge in [0.2, 0.25) is 5.30 Å². The van der Waals surface area contributed by atoms with Crippen molar-refractivity contribution in [2.75, 3.05) is 5.73 Å². The summed E-state index contributed by atoms with van der Waals surface area (Å²) in [6.45, 7) is 0. The van der Waals surface area contributed by atoms with Crippen LogP contribution in [0.1, 0.15) is 0 Å². The molecule has 16 heavy (non-hydrogen) atoms. The molecule has 3 N–H and O–H groups in total. The number of nitrogens with two attached hydrogens (primary N) is 1. The second-order valence-corrected chi connectivity index (χ2v) is 4.08. The summed E-state index contributed by atoms with van der Waals surface area (Å²) in [6.07, 6.45) is 0. The molecule has 0 aromatic heterocycles. The largest absolute Gasteiger partial charge is 0.546 e. The van der Waals surface area contributed by atoms with Crippen molar-refractivity contribution in [3.8, 4) is 0 Å². The Hall–Kier alpha value is -1.70. The molecule has 2 rings (SSSR count). The Balaban J connectivity index is 0.000000165. The number of nitrogen functional groups attached to an aromatic ring is 1. The third kappa shape index (κ3) is 4.69. The molecule has 0 spiro atoms. The van der Waals surface area contributed by atoms with Gasteiger partial charge in [0, 0.05) is 5.69 Å². The molecule has 2 aromatic rings. The van der Waals surface area contributed by atoms with Gasteiger partial charge in [0.25, 0.3) is 0 Å². The summed E-state index contributed by atoms with van der Waals surface area (Å²) in [7, 11) is -2.15. The van der Waals surface area contributed by atoms with Crippen molar-refractivity contribution in [3.63, 3.8) is 0 Å². The Kier molecular flexibility index (Phi) is 5.20. The van der Waals surface area contributed by atoms with E-state index in [4.69, 9.17) is 10.6 Å². The van der Waals surface area contributed by atoms with E-state index in [1.807, 2.05) is 36.4 Å². The summed E-state index contributed by atoms with van der Waals surface area (Å²) in [6, 6.07) is 18.0. The molecule has 0 saturated heterocycles. The smallest absolute Gasteiger partial charge is 0.399 e. The standard InChI is InChI=1S/C6H7N.C6H5O2P/c7-6-4-2-1-3-5-6;7-9(8)6-4-2-1-3-5-6/h1-5H,7H2;1-5H/p+1. The first kappa shape index (κ1) is 12.4. The highest BCUT2D eigenvalue weighted by Gasteiger charge is 2.12. The molecule has 0 bridgehead atoms. The van der Waals surface area contributed by atoms with Gasteiger partial charge in [0.15, 0.2) is 0 Å². The third-order valence-corrected chi connectivity index (χ3v) is 2.52. The number of anilines is 1. The molecule has 0 radical (unpaired) electrons. The summed E-state index contributed by atoms with van der Waals surface area (Å²) in [5.74, 6) is 0. The number of benzene rings is 2. The number of para-hydroxylation sites is 1. The molecule has 82 valence electrons. The van der Waals surface area contributed by atoms with Gasteiger partial charge in [-0.05, 0) is 28.8 Å². The van der Waals surface area contributed by atoms with E-state index < -0.39 is 8.03 Å². The minimum Gasteiger partial charge on any atom is -0.399 e. The van der Waals surface area contributed by atoms with Crippen LogP contribution < -0.4 is 11.0 Å². The van der Waals surface area contributed by atoms with Crippen LogP contribution in [0.4, 0.5) is 5.69 Å². The van der Waals surface area contributed by atoms with Crippen LogP contribution in [0.2, 0.25) is 0 Å². The van der Waals surface area contributed by atoms with Crippen LogP contribution in [0, 0.1) is 0 Å². The predicted molar refractivity (Wildman–Crippen MR) is 66.8 cm³/mol. The lowest BCUT2D eigenvalue weighted by molar-refractivity contribution is 0.513. The van der Waals surface area contributed by atoms with Gasteiger partial charge < -0.3 is 5.73 Å². The van der Waals surface area contributed by atoms with Gasteiger partial charge in [0.1, 0.15) is 0 Å². The second-order valence-electron chi connectivity index (χ2n) is 3.02. The van der Waals surface area contributed by atoms with Crippen LogP contribution in [0.3, 0.4) is 0 Å². The number of hydrogen-bond donors (Lipinski definition) is 2. The molecule has 2 aromatic carbocycles. The monoisotopic (exact) mass is 234 g/mol. The van der Waals surface area contributed by atoms with Crippen molar-refractivity contribution in [3.05, 3.63) is 60.7 Å². The first-order chi connectivity index (χ1) is 7.70. The molecule has 0 saturated carbocycles. The number of hydrogen-bond acceptors (Lipinski definition) is 2.